The summed E-state index contributed by atoms with van der Waals surface area (Å²) in [5.74, 6) is 1.94. The van der Waals surface area contributed by atoms with E-state index in [4.69, 9.17) is 14.2 Å². The molecule has 2 aromatic carbocycles. The Bertz CT molecular complexity index is 574. The zero-order chi connectivity index (χ0) is 15.2. The Morgan fingerprint density at radius 1 is 0.905 bits per heavy atom. The first-order chi connectivity index (χ1) is 10.2. The van der Waals surface area contributed by atoms with Crippen molar-refractivity contribution in [3.8, 4) is 17.2 Å². The van der Waals surface area contributed by atoms with Crippen LogP contribution in [0.1, 0.15) is 5.56 Å². The molecule has 0 fully saturated rings. The van der Waals surface area contributed by atoms with E-state index in [2.05, 4.69) is 52.2 Å². The molecule has 0 amide bonds. The number of hydrogen-bond acceptors (Lipinski definition) is 4. The number of benzene rings is 2. The maximum Gasteiger partial charge on any atom is 0.203 e. The molecule has 0 aliphatic rings. The molecule has 0 aliphatic carbocycles. The average Bonchev–Trinajstić information content (AvgIpc) is 2.53. The summed E-state index contributed by atoms with van der Waals surface area (Å²) >= 11 is 2.29. The number of anilines is 1. The van der Waals surface area contributed by atoms with E-state index in [-0.39, 0.29) is 0 Å². The van der Waals surface area contributed by atoms with Crippen molar-refractivity contribution in [2.75, 3.05) is 26.6 Å². The van der Waals surface area contributed by atoms with Crippen molar-refractivity contribution in [2.24, 2.45) is 0 Å². The van der Waals surface area contributed by atoms with Gasteiger partial charge in [0.25, 0.3) is 0 Å². The van der Waals surface area contributed by atoms with Crippen LogP contribution in [-0.4, -0.2) is 21.3 Å². The number of methoxy groups -OCH3 is 3. The third-order valence-electron chi connectivity index (χ3n) is 3.07. The second-order valence-electron chi connectivity index (χ2n) is 4.39. The van der Waals surface area contributed by atoms with Gasteiger partial charge in [-0.3, -0.25) is 0 Å². The van der Waals surface area contributed by atoms with E-state index < -0.39 is 0 Å². The molecule has 5 heteroatoms. The summed E-state index contributed by atoms with van der Waals surface area (Å²) < 4.78 is 17.2. The summed E-state index contributed by atoms with van der Waals surface area (Å²) in [6, 6.07) is 12.1. The minimum absolute atomic E-state index is 0.609. The molecule has 0 aromatic heterocycles. The van der Waals surface area contributed by atoms with Crippen LogP contribution < -0.4 is 19.5 Å². The van der Waals surface area contributed by atoms with Crippen molar-refractivity contribution in [3.63, 3.8) is 0 Å². The fourth-order valence-electron chi connectivity index (χ4n) is 2.01. The Balaban J connectivity index is 2.18. The largest absolute Gasteiger partial charge is 0.493 e. The Hall–Kier alpha value is -1.63. The molecule has 0 bridgehead atoms. The third-order valence-corrected chi connectivity index (χ3v) is 3.78. The molecule has 4 nitrogen and oxygen atoms in total. The molecule has 2 rings (SSSR count). The van der Waals surface area contributed by atoms with Crippen LogP contribution >= 0.6 is 22.6 Å². The van der Waals surface area contributed by atoms with Gasteiger partial charge in [-0.1, -0.05) is 0 Å². The Morgan fingerprint density at radius 2 is 1.48 bits per heavy atom. The zero-order valence-corrected chi connectivity index (χ0v) is 14.4. The first-order valence-electron chi connectivity index (χ1n) is 6.46. The van der Waals surface area contributed by atoms with Crippen LogP contribution in [0.4, 0.5) is 5.69 Å². The highest BCUT2D eigenvalue weighted by Crippen LogP contribution is 2.38. The van der Waals surface area contributed by atoms with Gasteiger partial charge in [-0.15, -0.1) is 0 Å². The van der Waals surface area contributed by atoms with E-state index in [1.165, 1.54) is 3.57 Å². The van der Waals surface area contributed by atoms with E-state index in [9.17, 15) is 0 Å². The van der Waals surface area contributed by atoms with Crippen molar-refractivity contribution < 1.29 is 14.2 Å². The summed E-state index contributed by atoms with van der Waals surface area (Å²) in [6.45, 7) is 0.678. The van der Waals surface area contributed by atoms with Gasteiger partial charge >= 0.3 is 0 Å². The summed E-state index contributed by atoms with van der Waals surface area (Å²) in [5, 5.41) is 3.37. The molecule has 0 unspecified atom stereocenters. The smallest absolute Gasteiger partial charge is 0.203 e. The van der Waals surface area contributed by atoms with Gasteiger partial charge in [-0.2, -0.15) is 0 Å². The van der Waals surface area contributed by atoms with Crippen molar-refractivity contribution in [3.05, 3.63) is 45.5 Å². The number of halogens is 1. The molecule has 0 saturated heterocycles. The molecule has 0 spiro atoms. The lowest BCUT2D eigenvalue weighted by Gasteiger charge is -2.14. The Labute approximate surface area is 138 Å². The second kappa shape index (κ2) is 7.40. The van der Waals surface area contributed by atoms with Crippen molar-refractivity contribution in [2.45, 2.75) is 6.54 Å². The predicted octanol–water partition coefficient (Wildman–Crippen LogP) is 3.93. The molecule has 21 heavy (non-hydrogen) atoms. The number of ether oxygens (including phenoxy) is 3. The highest BCUT2D eigenvalue weighted by atomic mass is 127. The van der Waals surface area contributed by atoms with E-state index in [1.807, 2.05) is 12.1 Å². The monoisotopic (exact) mass is 399 g/mol. The van der Waals surface area contributed by atoms with Crippen LogP contribution in [0.25, 0.3) is 0 Å². The normalized spacial score (nSPS) is 10.1. The molecular formula is C16H18INO3. The van der Waals surface area contributed by atoms with Crippen LogP contribution in [-0.2, 0) is 6.54 Å². The molecule has 1 N–H and O–H groups in total. The van der Waals surface area contributed by atoms with E-state index in [1.54, 1.807) is 21.3 Å². The van der Waals surface area contributed by atoms with E-state index >= 15 is 0 Å². The lowest BCUT2D eigenvalue weighted by molar-refractivity contribution is 0.324. The van der Waals surface area contributed by atoms with Crippen molar-refractivity contribution in [1.29, 1.82) is 0 Å². The SMILES string of the molecule is COc1cc(CNc2ccc(I)cc2)cc(OC)c1OC. The minimum Gasteiger partial charge on any atom is -0.493 e. The Kier molecular flexibility index (Phi) is 5.55. The number of rotatable bonds is 6. The second-order valence-corrected chi connectivity index (χ2v) is 5.64. The molecule has 112 valence electrons. The topological polar surface area (TPSA) is 39.7 Å². The molecule has 0 heterocycles. The van der Waals surface area contributed by atoms with E-state index in [0.29, 0.717) is 23.8 Å². The summed E-state index contributed by atoms with van der Waals surface area (Å²) in [5.41, 5.74) is 2.13. The zero-order valence-electron chi connectivity index (χ0n) is 12.3. The predicted molar refractivity (Wildman–Crippen MR) is 92.6 cm³/mol. The van der Waals surface area contributed by atoms with Gasteiger partial charge in [0.1, 0.15) is 0 Å². The highest BCUT2D eigenvalue weighted by Gasteiger charge is 2.12. The van der Waals surface area contributed by atoms with Gasteiger partial charge < -0.3 is 19.5 Å². The van der Waals surface area contributed by atoms with Crippen LogP contribution in [0, 0.1) is 3.57 Å². The molecule has 0 atom stereocenters. The van der Waals surface area contributed by atoms with Crippen molar-refractivity contribution >= 4 is 28.3 Å². The fourth-order valence-corrected chi connectivity index (χ4v) is 2.37. The van der Waals surface area contributed by atoms with Crippen molar-refractivity contribution in [1.82, 2.24) is 0 Å². The lowest BCUT2D eigenvalue weighted by atomic mass is 10.1. The molecule has 0 saturated carbocycles. The van der Waals surface area contributed by atoms with Gasteiger partial charge in [-0.25, -0.2) is 0 Å². The fraction of sp³-hybridized carbons (Fsp3) is 0.250. The van der Waals surface area contributed by atoms with Crippen LogP contribution in [0.2, 0.25) is 0 Å². The summed E-state index contributed by atoms with van der Waals surface area (Å²) in [7, 11) is 4.84. The summed E-state index contributed by atoms with van der Waals surface area (Å²) in [6.07, 6.45) is 0. The molecule has 0 aliphatic heterocycles. The first-order valence-corrected chi connectivity index (χ1v) is 7.54. The maximum absolute atomic E-state index is 5.35. The molecule has 2 aromatic rings. The van der Waals surface area contributed by atoms with Crippen LogP contribution in [0.15, 0.2) is 36.4 Å². The van der Waals surface area contributed by atoms with Gasteiger partial charge in [0, 0.05) is 15.8 Å². The van der Waals surface area contributed by atoms with Crippen LogP contribution in [0.3, 0.4) is 0 Å². The maximum atomic E-state index is 5.35. The lowest BCUT2D eigenvalue weighted by Crippen LogP contribution is -2.02. The highest BCUT2D eigenvalue weighted by molar-refractivity contribution is 14.1. The Morgan fingerprint density at radius 3 is 1.95 bits per heavy atom. The van der Waals surface area contributed by atoms with Gasteiger partial charge in [0.15, 0.2) is 11.5 Å². The summed E-state index contributed by atoms with van der Waals surface area (Å²) in [4.78, 5) is 0. The molecular weight excluding hydrogens is 381 g/mol. The van der Waals surface area contributed by atoms with E-state index in [0.717, 1.165) is 11.3 Å². The average molecular weight is 399 g/mol. The standard InChI is InChI=1S/C16H18INO3/c1-19-14-8-11(9-15(20-2)16(14)21-3)10-18-13-6-4-12(17)5-7-13/h4-9,18H,10H2,1-3H3. The minimum atomic E-state index is 0.609. The van der Waals surface area contributed by atoms with Gasteiger partial charge in [0.05, 0.1) is 21.3 Å². The third kappa shape index (κ3) is 3.93. The number of hydrogen-bond donors (Lipinski definition) is 1. The number of nitrogens with one attached hydrogen (secondary N) is 1. The first kappa shape index (κ1) is 15.8. The quantitative estimate of drug-likeness (QED) is 0.748. The molecule has 0 radical (unpaired) electrons. The van der Waals surface area contributed by atoms with Gasteiger partial charge in [0.2, 0.25) is 5.75 Å². The van der Waals surface area contributed by atoms with Gasteiger partial charge in [-0.05, 0) is 64.6 Å². The van der Waals surface area contributed by atoms with Crippen LogP contribution in [0.5, 0.6) is 17.2 Å².